The van der Waals surface area contributed by atoms with Gasteiger partial charge in [-0.05, 0) is 70.6 Å². The van der Waals surface area contributed by atoms with Crippen molar-refractivity contribution in [3.8, 4) is 23.1 Å². The van der Waals surface area contributed by atoms with Gasteiger partial charge < -0.3 is 5.11 Å². The summed E-state index contributed by atoms with van der Waals surface area (Å²) in [7, 11) is 0. The van der Waals surface area contributed by atoms with Crippen LogP contribution in [0.1, 0.15) is 56.9 Å². The normalized spacial score (nSPS) is 14.0. The number of benzene rings is 3. The van der Waals surface area contributed by atoms with Crippen molar-refractivity contribution in [1.82, 2.24) is 9.97 Å². The van der Waals surface area contributed by atoms with Crippen LogP contribution in [0.3, 0.4) is 0 Å². The molecule has 0 aliphatic carbocycles. The van der Waals surface area contributed by atoms with E-state index in [1.165, 1.54) is 22.8 Å². The molecule has 0 saturated carbocycles. The summed E-state index contributed by atoms with van der Waals surface area (Å²) in [5.41, 5.74) is 8.12. The first-order valence-corrected chi connectivity index (χ1v) is 13.1. The first-order valence-electron chi connectivity index (χ1n) is 13.1. The fourth-order valence-corrected chi connectivity index (χ4v) is 5.59. The number of nitriles is 1. The van der Waals surface area contributed by atoms with E-state index in [1.54, 1.807) is 6.07 Å². The average Bonchev–Trinajstić information content (AvgIpc) is 2.93. The van der Waals surface area contributed by atoms with Crippen LogP contribution in [0.25, 0.3) is 22.2 Å². The molecule has 0 atom stereocenters. The monoisotopic (exact) mass is 510 g/mol. The molecule has 1 aliphatic heterocycles. The van der Waals surface area contributed by atoms with Crippen molar-refractivity contribution < 1.29 is 5.11 Å². The number of nitrogens with zero attached hydrogens (tertiary/aromatic N) is 4. The highest BCUT2D eigenvalue weighted by Crippen LogP contribution is 2.52. The highest BCUT2D eigenvalue weighted by molar-refractivity contribution is 5.92. The molecule has 0 saturated heterocycles. The maximum Gasteiger partial charge on any atom is 0.141 e. The van der Waals surface area contributed by atoms with Crippen LogP contribution in [0.2, 0.25) is 0 Å². The lowest BCUT2D eigenvalue weighted by atomic mass is 9.73. The van der Waals surface area contributed by atoms with Crippen LogP contribution in [0.4, 0.5) is 17.2 Å². The van der Waals surface area contributed by atoms with Gasteiger partial charge >= 0.3 is 0 Å². The van der Waals surface area contributed by atoms with Gasteiger partial charge in [0.05, 0.1) is 28.7 Å². The molecule has 1 aliphatic rings. The van der Waals surface area contributed by atoms with Crippen molar-refractivity contribution in [2.75, 3.05) is 4.90 Å². The van der Waals surface area contributed by atoms with Crippen molar-refractivity contribution in [2.24, 2.45) is 0 Å². The Morgan fingerprint density at radius 2 is 1.64 bits per heavy atom. The molecular weight excluding hydrogens is 480 g/mol. The molecule has 5 nitrogen and oxygen atoms in total. The molecule has 5 heteroatoms. The Morgan fingerprint density at radius 1 is 0.872 bits per heavy atom. The van der Waals surface area contributed by atoms with Gasteiger partial charge in [0, 0.05) is 22.6 Å². The van der Waals surface area contributed by atoms with Crippen LogP contribution >= 0.6 is 0 Å². The van der Waals surface area contributed by atoms with Gasteiger partial charge in [0.25, 0.3) is 0 Å². The maximum absolute atomic E-state index is 10.5. The number of phenolic OH excluding ortho intramolecular Hbond substituents is 1. The Kier molecular flexibility index (Phi) is 5.48. The molecule has 6 rings (SSSR count). The zero-order valence-electron chi connectivity index (χ0n) is 22.8. The predicted octanol–water partition coefficient (Wildman–Crippen LogP) is 8.28. The number of para-hydroxylation sites is 1. The van der Waals surface area contributed by atoms with E-state index < -0.39 is 0 Å². The van der Waals surface area contributed by atoms with E-state index in [4.69, 9.17) is 9.97 Å². The minimum Gasteiger partial charge on any atom is -0.506 e. The van der Waals surface area contributed by atoms with Crippen LogP contribution in [0, 0.1) is 11.3 Å². The number of hydrogen-bond acceptors (Lipinski definition) is 5. The fourth-order valence-electron chi connectivity index (χ4n) is 5.59. The zero-order valence-corrected chi connectivity index (χ0v) is 22.8. The number of hydrogen-bond donors (Lipinski definition) is 1. The molecular formula is C34H30N4O. The Balaban J connectivity index is 1.59. The lowest BCUT2D eigenvalue weighted by Gasteiger charge is -2.42. The summed E-state index contributed by atoms with van der Waals surface area (Å²) >= 11 is 0. The Labute approximate surface area is 229 Å². The fraction of sp³-hybridized carbons (Fsp3) is 0.206. The number of pyridine rings is 2. The van der Waals surface area contributed by atoms with E-state index in [-0.39, 0.29) is 16.6 Å². The maximum atomic E-state index is 10.5. The number of fused-ring (bicyclic) bond motifs is 3. The van der Waals surface area contributed by atoms with Crippen molar-refractivity contribution >= 4 is 28.1 Å². The molecule has 39 heavy (non-hydrogen) atoms. The minimum absolute atomic E-state index is 0.0176. The number of phenols is 1. The van der Waals surface area contributed by atoms with E-state index in [1.807, 2.05) is 18.3 Å². The molecule has 5 aromatic rings. The summed E-state index contributed by atoms with van der Waals surface area (Å²) in [6.45, 7) is 11.2. The highest BCUT2D eigenvalue weighted by atomic mass is 16.3. The van der Waals surface area contributed by atoms with E-state index in [2.05, 4.69) is 100 Å². The van der Waals surface area contributed by atoms with Crippen LogP contribution in [0.15, 0.2) is 85.1 Å². The predicted molar refractivity (Wildman–Crippen MR) is 157 cm³/mol. The van der Waals surface area contributed by atoms with Crippen molar-refractivity contribution in [3.63, 3.8) is 0 Å². The SMILES string of the molecule is CC(C)(C)c1ccnc(N2c3ccccc3C(C)(C)c3ccc(-c4ccc5c(C#N)ccc(O)c5n4)cc32)c1. The number of anilines is 3. The molecule has 1 N–H and O–H groups in total. The highest BCUT2D eigenvalue weighted by Gasteiger charge is 2.37. The third kappa shape index (κ3) is 3.92. The molecule has 3 aromatic carbocycles. The van der Waals surface area contributed by atoms with Crippen LogP contribution in [-0.4, -0.2) is 15.1 Å². The Hall–Kier alpha value is -4.69. The molecule has 0 bridgehead atoms. The van der Waals surface area contributed by atoms with Gasteiger partial charge in [-0.3, -0.25) is 4.90 Å². The average molecular weight is 511 g/mol. The third-order valence-corrected chi connectivity index (χ3v) is 7.82. The number of aromatic nitrogens is 2. The molecule has 0 unspecified atom stereocenters. The standard InChI is InChI=1S/C34H30N4O/c1-33(2,3)23-16-17-36-31(19-23)38-28-9-7-6-8-25(28)34(4,5)26-13-10-21(18-29(26)38)27-14-12-24-22(20-35)11-15-30(39)32(24)37-27/h6-19,39H,1-5H3. The number of aromatic hydroxyl groups is 1. The van der Waals surface area contributed by atoms with Crippen LogP contribution in [-0.2, 0) is 10.8 Å². The van der Waals surface area contributed by atoms with Crippen molar-refractivity contribution in [2.45, 2.75) is 45.4 Å². The summed E-state index contributed by atoms with van der Waals surface area (Å²) < 4.78 is 0. The van der Waals surface area contributed by atoms with E-state index in [0.29, 0.717) is 16.5 Å². The van der Waals surface area contributed by atoms with E-state index >= 15 is 0 Å². The minimum atomic E-state index is -0.223. The van der Waals surface area contributed by atoms with Gasteiger partial charge in [-0.15, -0.1) is 0 Å². The van der Waals surface area contributed by atoms with Gasteiger partial charge in [0.1, 0.15) is 17.1 Å². The molecule has 3 heterocycles. The quantitative estimate of drug-likeness (QED) is 0.259. The molecule has 0 radical (unpaired) electrons. The smallest absolute Gasteiger partial charge is 0.141 e. The van der Waals surface area contributed by atoms with Crippen LogP contribution in [0.5, 0.6) is 5.75 Å². The summed E-state index contributed by atoms with van der Waals surface area (Å²) in [4.78, 5) is 11.9. The summed E-state index contributed by atoms with van der Waals surface area (Å²) in [6.07, 6.45) is 1.89. The van der Waals surface area contributed by atoms with Crippen molar-refractivity contribution in [1.29, 1.82) is 5.26 Å². The molecule has 2 aromatic heterocycles. The van der Waals surface area contributed by atoms with Crippen molar-refractivity contribution in [3.05, 3.63) is 107 Å². The van der Waals surface area contributed by atoms with E-state index in [9.17, 15) is 10.4 Å². The first-order chi connectivity index (χ1) is 18.6. The van der Waals surface area contributed by atoms with Gasteiger partial charge in [0.2, 0.25) is 0 Å². The second-order valence-corrected chi connectivity index (χ2v) is 11.7. The largest absolute Gasteiger partial charge is 0.506 e. The Bertz CT molecular complexity index is 1810. The third-order valence-electron chi connectivity index (χ3n) is 7.82. The molecule has 0 amide bonds. The molecule has 0 fully saturated rings. The zero-order chi connectivity index (χ0) is 27.5. The summed E-state index contributed by atoms with van der Waals surface area (Å²) in [5.74, 6) is 0.926. The topological polar surface area (TPSA) is 73.0 Å². The van der Waals surface area contributed by atoms with Gasteiger partial charge in [0.15, 0.2) is 0 Å². The second kappa shape index (κ2) is 8.68. The van der Waals surface area contributed by atoms with Crippen LogP contribution < -0.4 is 4.90 Å². The van der Waals surface area contributed by atoms with Gasteiger partial charge in [-0.2, -0.15) is 5.26 Å². The molecule has 0 spiro atoms. The first kappa shape index (κ1) is 24.6. The number of rotatable bonds is 2. The lowest BCUT2D eigenvalue weighted by Crippen LogP contribution is -2.31. The van der Waals surface area contributed by atoms with Gasteiger partial charge in [-0.1, -0.05) is 65.0 Å². The van der Waals surface area contributed by atoms with E-state index in [0.717, 1.165) is 28.5 Å². The lowest BCUT2D eigenvalue weighted by molar-refractivity contribution is 0.480. The van der Waals surface area contributed by atoms with Gasteiger partial charge in [-0.25, -0.2) is 9.97 Å². The Morgan fingerprint density at radius 3 is 2.41 bits per heavy atom. The second-order valence-electron chi connectivity index (χ2n) is 11.7. The summed E-state index contributed by atoms with van der Waals surface area (Å²) in [6, 6.07) is 28.3. The molecule has 192 valence electrons. The summed E-state index contributed by atoms with van der Waals surface area (Å²) in [5, 5.41) is 20.7.